The lowest BCUT2D eigenvalue weighted by Gasteiger charge is -2.40. The second kappa shape index (κ2) is 11.5. The first kappa shape index (κ1) is 27.9. The van der Waals surface area contributed by atoms with Crippen LogP contribution >= 0.6 is 0 Å². The number of hydrogen-bond donors (Lipinski definition) is 5. The average Bonchev–Trinajstić information content (AvgIpc) is 2.96. The molecule has 11 heteroatoms. The van der Waals surface area contributed by atoms with Gasteiger partial charge in [-0.1, -0.05) is 19.3 Å². The molecule has 3 aromatic rings. The molecule has 5 N–H and O–H groups in total. The van der Waals surface area contributed by atoms with Gasteiger partial charge in [-0.15, -0.1) is 0 Å². The van der Waals surface area contributed by atoms with Crippen LogP contribution in [0.15, 0.2) is 45.6 Å². The summed E-state index contributed by atoms with van der Waals surface area (Å²) in [5, 5.41) is 45.2. The summed E-state index contributed by atoms with van der Waals surface area (Å²) in [6.45, 7) is 1.49. The molecule has 1 aliphatic heterocycles. The van der Waals surface area contributed by atoms with Crippen LogP contribution in [0.2, 0.25) is 0 Å². The normalized spacial score (nSPS) is 25.5. The van der Waals surface area contributed by atoms with Gasteiger partial charge in [-0.3, -0.25) is 9.59 Å². The Kier molecular flexibility index (Phi) is 7.99. The molecule has 5 atom stereocenters. The van der Waals surface area contributed by atoms with E-state index in [0.29, 0.717) is 11.3 Å². The lowest BCUT2D eigenvalue weighted by Crippen LogP contribution is -2.63. The molecule has 2 fully saturated rings. The van der Waals surface area contributed by atoms with E-state index in [1.165, 1.54) is 26.2 Å². The molecule has 2 heterocycles. The predicted molar refractivity (Wildman–Crippen MR) is 143 cm³/mol. The summed E-state index contributed by atoms with van der Waals surface area (Å²) in [4.78, 5) is 25.9. The molecule has 11 nitrogen and oxygen atoms in total. The van der Waals surface area contributed by atoms with Gasteiger partial charge in [-0.2, -0.15) is 0 Å². The standard InChI is InChI=1S/C29H33NO10/c1-14-19(13-21-22(23(14)32)18(31)12-20(38-21)15-8-10-17(37-2)11-9-15)39-29-26(35)24(33)25(34)27(40-29)28(36)30-16-6-4-3-5-7-16/h8-13,16,24-27,29,32-35H,3-7H2,1-2H3,(H,30,36). The second-order valence-corrected chi connectivity index (χ2v) is 10.3. The Labute approximate surface area is 229 Å². The summed E-state index contributed by atoms with van der Waals surface area (Å²) in [5.74, 6) is -0.160. The lowest BCUT2D eigenvalue weighted by atomic mass is 9.94. The summed E-state index contributed by atoms with van der Waals surface area (Å²) in [6, 6.07) is 9.42. The van der Waals surface area contributed by atoms with E-state index >= 15 is 0 Å². The summed E-state index contributed by atoms with van der Waals surface area (Å²) in [5.41, 5.74) is 0.272. The molecule has 2 aliphatic rings. The van der Waals surface area contributed by atoms with Crippen LogP contribution in [0.25, 0.3) is 22.3 Å². The minimum atomic E-state index is -1.74. The zero-order valence-corrected chi connectivity index (χ0v) is 22.2. The van der Waals surface area contributed by atoms with Gasteiger partial charge in [-0.05, 0) is 44.0 Å². The van der Waals surface area contributed by atoms with E-state index in [1.54, 1.807) is 24.3 Å². The summed E-state index contributed by atoms with van der Waals surface area (Å²) >= 11 is 0. The zero-order chi connectivity index (χ0) is 28.6. The smallest absolute Gasteiger partial charge is 0.252 e. The number of fused-ring (bicyclic) bond motifs is 1. The third kappa shape index (κ3) is 5.37. The number of amides is 1. The first-order valence-corrected chi connectivity index (χ1v) is 13.3. The number of methoxy groups -OCH3 is 1. The van der Waals surface area contributed by atoms with Crippen molar-refractivity contribution < 1.29 is 43.8 Å². The van der Waals surface area contributed by atoms with E-state index in [9.17, 15) is 30.0 Å². The molecule has 1 saturated carbocycles. The number of carbonyl (C=O) groups is 1. The van der Waals surface area contributed by atoms with Crippen molar-refractivity contribution in [3.05, 3.63) is 52.2 Å². The molecule has 0 radical (unpaired) electrons. The molecule has 5 unspecified atom stereocenters. The van der Waals surface area contributed by atoms with Crippen LogP contribution in [0.5, 0.6) is 17.2 Å². The second-order valence-electron chi connectivity index (χ2n) is 10.3. The van der Waals surface area contributed by atoms with Crippen LogP contribution in [-0.4, -0.2) is 70.2 Å². The quantitative estimate of drug-likeness (QED) is 0.304. The van der Waals surface area contributed by atoms with Crippen LogP contribution < -0.4 is 20.2 Å². The molecule has 0 bridgehead atoms. The fourth-order valence-electron chi connectivity index (χ4n) is 5.22. The van der Waals surface area contributed by atoms with E-state index in [2.05, 4.69) is 5.32 Å². The van der Waals surface area contributed by atoms with Gasteiger partial charge in [0.15, 0.2) is 11.5 Å². The molecule has 5 rings (SSSR count). The number of benzene rings is 2. The Morgan fingerprint density at radius 1 is 1.00 bits per heavy atom. The molecular formula is C29H33NO10. The van der Waals surface area contributed by atoms with Crippen molar-refractivity contribution >= 4 is 16.9 Å². The first-order valence-electron chi connectivity index (χ1n) is 13.3. The molecular weight excluding hydrogens is 522 g/mol. The van der Waals surface area contributed by atoms with Crippen LogP contribution in [-0.2, 0) is 9.53 Å². The number of rotatable bonds is 6. The first-order chi connectivity index (χ1) is 19.2. The van der Waals surface area contributed by atoms with Gasteiger partial charge < -0.3 is 44.4 Å². The number of aliphatic hydroxyl groups is 3. The molecule has 2 aromatic carbocycles. The molecule has 1 amide bonds. The molecule has 0 spiro atoms. The number of phenols is 1. The largest absolute Gasteiger partial charge is 0.507 e. The SMILES string of the molecule is COc1ccc(-c2cc(=O)c3c(O)c(C)c(OC4OC(C(=O)NC5CCCCC5)C(O)C(O)C4O)cc3o2)cc1. The maximum atomic E-state index is 12.9. The van der Waals surface area contributed by atoms with E-state index in [-0.39, 0.29) is 39.8 Å². The summed E-state index contributed by atoms with van der Waals surface area (Å²) in [6.07, 6.45) is -3.56. The highest BCUT2D eigenvalue weighted by Crippen LogP contribution is 2.37. The fourth-order valence-corrected chi connectivity index (χ4v) is 5.22. The minimum absolute atomic E-state index is 0.00823. The number of aromatic hydroxyl groups is 1. The number of phenolic OH excluding ortho intramolecular Hbond substituents is 1. The van der Waals surface area contributed by atoms with Crippen molar-refractivity contribution in [2.75, 3.05) is 7.11 Å². The number of aliphatic hydroxyl groups excluding tert-OH is 3. The molecule has 1 aliphatic carbocycles. The zero-order valence-electron chi connectivity index (χ0n) is 22.2. The Balaban J connectivity index is 1.43. The maximum absolute atomic E-state index is 12.9. The van der Waals surface area contributed by atoms with Crippen molar-refractivity contribution in [2.24, 2.45) is 0 Å². The van der Waals surface area contributed by atoms with Crippen LogP contribution in [0.3, 0.4) is 0 Å². The van der Waals surface area contributed by atoms with E-state index in [1.807, 2.05) is 0 Å². The third-order valence-corrected chi connectivity index (χ3v) is 7.60. The Morgan fingerprint density at radius 3 is 2.38 bits per heavy atom. The Hall–Kier alpha value is -3.64. The van der Waals surface area contributed by atoms with Gasteiger partial charge in [0, 0.05) is 29.3 Å². The molecule has 1 saturated heterocycles. The van der Waals surface area contributed by atoms with Crippen molar-refractivity contribution in [1.82, 2.24) is 5.32 Å². The lowest BCUT2D eigenvalue weighted by molar-refractivity contribution is -0.267. The number of carbonyl (C=O) groups excluding carboxylic acids is 1. The van der Waals surface area contributed by atoms with Crippen molar-refractivity contribution in [3.8, 4) is 28.6 Å². The molecule has 1 aromatic heterocycles. The number of nitrogens with one attached hydrogen (secondary N) is 1. The third-order valence-electron chi connectivity index (χ3n) is 7.60. The van der Waals surface area contributed by atoms with E-state index in [4.69, 9.17) is 18.6 Å². The topological polar surface area (TPSA) is 168 Å². The fraction of sp³-hybridized carbons (Fsp3) is 0.448. The van der Waals surface area contributed by atoms with Gasteiger partial charge in [0.05, 0.1) is 7.11 Å². The predicted octanol–water partition coefficient (Wildman–Crippen LogP) is 2.12. The van der Waals surface area contributed by atoms with Crippen LogP contribution in [0, 0.1) is 6.92 Å². The van der Waals surface area contributed by atoms with Gasteiger partial charge in [-0.25, -0.2) is 0 Å². The van der Waals surface area contributed by atoms with Crippen molar-refractivity contribution in [3.63, 3.8) is 0 Å². The van der Waals surface area contributed by atoms with Gasteiger partial charge in [0.2, 0.25) is 6.29 Å². The summed E-state index contributed by atoms with van der Waals surface area (Å²) in [7, 11) is 1.54. The van der Waals surface area contributed by atoms with Crippen molar-refractivity contribution in [2.45, 2.75) is 75.8 Å². The average molecular weight is 556 g/mol. The van der Waals surface area contributed by atoms with Crippen molar-refractivity contribution in [1.29, 1.82) is 0 Å². The van der Waals surface area contributed by atoms with E-state index < -0.39 is 42.0 Å². The number of ether oxygens (including phenoxy) is 3. The van der Waals surface area contributed by atoms with E-state index in [0.717, 1.165) is 32.1 Å². The van der Waals surface area contributed by atoms with Gasteiger partial charge >= 0.3 is 0 Å². The maximum Gasteiger partial charge on any atom is 0.252 e. The minimum Gasteiger partial charge on any atom is -0.507 e. The highest BCUT2D eigenvalue weighted by atomic mass is 16.7. The molecule has 214 valence electrons. The Morgan fingerprint density at radius 2 is 1.70 bits per heavy atom. The highest BCUT2D eigenvalue weighted by Gasteiger charge is 2.48. The van der Waals surface area contributed by atoms with Gasteiger partial charge in [0.1, 0.15) is 52.3 Å². The van der Waals surface area contributed by atoms with Crippen LogP contribution in [0.4, 0.5) is 0 Å². The van der Waals surface area contributed by atoms with Crippen LogP contribution in [0.1, 0.15) is 37.7 Å². The van der Waals surface area contributed by atoms with Gasteiger partial charge in [0.25, 0.3) is 5.91 Å². The summed E-state index contributed by atoms with van der Waals surface area (Å²) < 4.78 is 22.6. The highest BCUT2D eigenvalue weighted by molar-refractivity contribution is 5.88. The molecule has 40 heavy (non-hydrogen) atoms. The number of hydrogen-bond acceptors (Lipinski definition) is 10. The monoisotopic (exact) mass is 555 g/mol. The Bertz CT molecular complexity index is 1430.